The molecule has 2 atom stereocenters. The predicted molar refractivity (Wildman–Crippen MR) is 110 cm³/mol. The number of hydrogen-bond acceptors (Lipinski definition) is 5. The number of hydrogen-bond donors (Lipinski definition) is 0. The van der Waals surface area contributed by atoms with Gasteiger partial charge in [-0.3, -0.25) is 9.80 Å². The van der Waals surface area contributed by atoms with Crippen molar-refractivity contribution < 1.29 is 13.2 Å². The van der Waals surface area contributed by atoms with E-state index in [2.05, 4.69) is 49.6 Å². The van der Waals surface area contributed by atoms with Crippen LogP contribution in [0.25, 0.3) is 0 Å². The summed E-state index contributed by atoms with van der Waals surface area (Å²) >= 11 is 0. The van der Waals surface area contributed by atoms with Gasteiger partial charge in [-0.1, -0.05) is 17.7 Å². The highest BCUT2D eigenvalue weighted by Crippen LogP contribution is 2.30. The molecule has 0 spiro atoms. The van der Waals surface area contributed by atoms with Crippen LogP contribution in [0, 0.1) is 13.8 Å². The first kappa shape index (κ1) is 20.4. The van der Waals surface area contributed by atoms with Gasteiger partial charge >= 0.3 is 0 Å². The Bertz CT molecular complexity index is 828. The van der Waals surface area contributed by atoms with E-state index >= 15 is 0 Å². The molecular weight excluding hydrogens is 360 g/mol. The first-order valence-electron chi connectivity index (χ1n) is 9.67. The number of piperazine rings is 1. The van der Waals surface area contributed by atoms with Crippen molar-refractivity contribution in [1.82, 2.24) is 9.80 Å². The molecule has 6 heteroatoms. The second-order valence-electron chi connectivity index (χ2n) is 8.14. The summed E-state index contributed by atoms with van der Waals surface area (Å²) in [6.45, 7) is 11.8. The zero-order chi connectivity index (χ0) is 19.8. The molecule has 2 aliphatic rings. The molecule has 1 aromatic rings. The Hall–Kier alpha value is -1.37. The smallest absolute Gasteiger partial charge is 0.153 e. The van der Waals surface area contributed by atoms with E-state index in [1.54, 1.807) is 7.11 Å². The monoisotopic (exact) mass is 392 g/mol. The predicted octanol–water partition coefficient (Wildman–Crippen LogP) is 2.56. The zero-order valence-electron chi connectivity index (χ0n) is 17.2. The van der Waals surface area contributed by atoms with Crippen LogP contribution in [-0.4, -0.2) is 68.6 Å². The molecular formula is C21H32N2O3S. The van der Waals surface area contributed by atoms with Gasteiger partial charge in [0.05, 0.1) is 18.6 Å². The molecule has 0 radical (unpaired) electrons. The molecule has 0 bridgehead atoms. The molecule has 2 heterocycles. The first-order chi connectivity index (χ1) is 12.7. The molecule has 0 saturated carbocycles. The van der Waals surface area contributed by atoms with Crippen LogP contribution >= 0.6 is 0 Å². The minimum absolute atomic E-state index is 0.0797. The molecule has 27 heavy (non-hydrogen) atoms. The SMILES string of the molecule is COc1ccc(CN2CCN(CC=C(C)C)[C@H]3CS(=O)(=O)C[C@H]32)c(C)c1C. The van der Waals surface area contributed by atoms with Gasteiger partial charge in [-0.2, -0.15) is 0 Å². The summed E-state index contributed by atoms with van der Waals surface area (Å²) in [5, 5.41) is 0. The maximum Gasteiger partial charge on any atom is 0.153 e. The highest BCUT2D eigenvalue weighted by Gasteiger charge is 2.46. The summed E-state index contributed by atoms with van der Waals surface area (Å²) in [6, 6.07) is 4.32. The Morgan fingerprint density at radius 2 is 1.74 bits per heavy atom. The van der Waals surface area contributed by atoms with Gasteiger partial charge in [0.25, 0.3) is 0 Å². The maximum absolute atomic E-state index is 12.4. The van der Waals surface area contributed by atoms with Gasteiger partial charge in [-0.15, -0.1) is 0 Å². The van der Waals surface area contributed by atoms with Gasteiger partial charge in [-0.25, -0.2) is 8.42 Å². The standard InChI is InChI=1S/C21H32N2O3S/c1-15(2)8-9-22-10-11-23(20-14-27(24,25)13-19(20)22)12-18-6-7-21(26-5)17(4)16(18)3/h6-8,19-20H,9-14H2,1-5H3/t19-,20+/m0/s1. The Morgan fingerprint density at radius 1 is 1.11 bits per heavy atom. The van der Waals surface area contributed by atoms with Crippen LogP contribution in [0.5, 0.6) is 5.75 Å². The third-order valence-electron chi connectivity index (χ3n) is 6.08. The van der Waals surface area contributed by atoms with Crippen LogP contribution < -0.4 is 4.74 Å². The third kappa shape index (κ3) is 4.39. The number of sulfone groups is 1. The first-order valence-corrected chi connectivity index (χ1v) is 11.5. The lowest BCUT2D eigenvalue weighted by Crippen LogP contribution is -2.58. The Balaban J connectivity index is 1.82. The molecule has 0 unspecified atom stereocenters. The van der Waals surface area contributed by atoms with Gasteiger partial charge in [-0.05, 0) is 50.5 Å². The second-order valence-corrected chi connectivity index (χ2v) is 10.3. The number of methoxy groups -OCH3 is 1. The molecule has 2 saturated heterocycles. The largest absolute Gasteiger partial charge is 0.496 e. The maximum atomic E-state index is 12.4. The lowest BCUT2D eigenvalue weighted by Gasteiger charge is -2.44. The average Bonchev–Trinajstić information content (AvgIpc) is 2.93. The molecule has 1 aromatic carbocycles. The van der Waals surface area contributed by atoms with Crippen molar-refractivity contribution in [3.8, 4) is 5.75 Å². The van der Waals surface area contributed by atoms with Crippen molar-refractivity contribution in [1.29, 1.82) is 0 Å². The summed E-state index contributed by atoms with van der Waals surface area (Å²) < 4.78 is 30.2. The van der Waals surface area contributed by atoms with Gasteiger partial charge in [0.2, 0.25) is 0 Å². The molecule has 0 N–H and O–H groups in total. The Labute approximate surface area is 163 Å². The number of nitrogens with zero attached hydrogens (tertiary/aromatic N) is 2. The molecule has 150 valence electrons. The summed E-state index contributed by atoms with van der Waals surface area (Å²) in [5.74, 6) is 1.46. The zero-order valence-corrected chi connectivity index (χ0v) is 18.0. The number of benzene rings is 1. The van der Waals surface area contributed by atoms with Gasteiger partial charge in [0.1, 0.15) is 5.75 Å². The summed E-state index contributed by atoms with van der Waals surface area (Å²) in [4.78, 5) is 4.73. The van der Waals surface area contributed by atoms with Crippen LogP contribution in [0.2, 0.25) is 0 Å². The second kappa shape index (κ2) is 7.94. The fraction of sp³-hybridized carbons (Fsp3) is 0.619. The third-order valence-corrected chi connectivity index (χ3v) is 7.78. The minimum Gasteiger partial charge on any atom is -0.496 e. The number of rotatable bonds is 5. The van der Waals surface area contributed by atoms with E-state index in [4.69, 9.17) is 4.74 Å². The van der Waals surface area contributed by atoms with E-state index in [1.165, 1.54) is 16.7 Å². The van der Waals surface area contributed by atoms with Crippen LogP contribution in [0.1, 0.15) is 30.5 Å². The molecule has 0 aliphatic carbocycles. The van der Waals surface area contributed by atoms with Crippen LogP contribution in [0.4, 0.5) is 0 Å². The summed E-state index contributed by atoms with van der Waals surface area (Å²) in [5.41, 5.74) is 4.93. The Morgan fingerprint density at radius 3 is 2.37 bits per heavy atom. The fourth-order valence-electron chi connectivity index (χ4n) is 4.28. The molecule has 3 rings (SSSR count). The van der Waals surface area contributed by atoms with Crippen molar-refractivity contribution in [3.63, 3.8) is 0 Å². The van der Waals surface area contributed by atoms with E-state index in [1.807, 2.05) is 6.07 Å². The van der Waals surface area contributed by atoms with Crippen molar-refractivity contribution in [2.75, 3.05) is 38.2 Å². The molecule has 0 aromatic heterocycles. The van der Waals surface area contributed by atoms with Gasteiger partial charge in [0, 0.05) is 38.3 Å². The lowest BCUT2D eigenvalue weighted by molar-refractivity contribution is 0.0476. The lowest BCUT2D eigenvalue weighted by atomic mass is 9.99. The van der Waals surface area contributed by atoms with Crippen molar-refractivity contribution in [3.05, 3.63) is 40.5 Å². The molecule has 0 amide bonds. The number of fused-ring (bicyclic) bond motifs is 1. The van der Waals surface area contributed by atoms with Crippen LogP contribution in [0.15, 0.2) is 23.8 Å². The summed E-state index contributed by atoms with van der Waals surface area (Å²) in [6.07, 6.45) is 2.20. The quantitative estimate of drug-likeness (QED) is 0.721. The summed E-state index contributed by atoms with van der Waals surface area (Å²) in [7, 11) is -1.28. The van der Waals surface area contributed by atoms with E-state index in [0.717, 1.165) is 37.5 Å². The highest BCUT2D eigenvalue weighted by atomic mass is 32.2. The molecule has 2 aliphatic heterocycles. The molecule has 2 fully saturated rings. The fourth-order valence-corrected chi connectivity index (χ4v) is 6.33. The highest BCUT2D eigenvalue weighted by molar-refractivity contribution is 7.91. The van der Waals surface area contributed by atoms with E-state index < -0.39 is 9.84 Å². The van der Waals surface area contributed by atoms with Crippen molar-refractivity contribution in [2.24, 2.45) is 0 Å². The van der Waals surface area contributed by atoms with Crippen molar-refractivity contribution in [2.45, 2.75) is 46.3 Å². The van der Waals surface area contributed by atoms with Crippen LogP contribution in [-0.2, 0) is 16.4 Å². The normalized spacial score (nSPS) is 25.2. The van der Waals surface area contributed by atoms with E-state index in [-0.39, 0.29) is 23.6 Å². The van der Waals surface area contributed by atoms with Crippen molar-refractivity contribution >= 4 is 9.84 Å². The Kier molecular flexibility index (Phi) is 5.99. The van der Waals surface area contributed by atoms with E-state index in [9.17, 15) is 8.42 Å². The van der Waals surface area contributed by atoms with Gasteiger partial charge < -0.3 is 4.74 Å². The van der Waals surface area contributed by atoms with Crippen LogP contribution in [0.3, 0.4) is 0 Å². The number of ether oxygens (including phenoxy) is 1. The number of allylic oxidation sites excluding steroid dienone is 1. The van der Waals surface area contributed by atoms with E-state index in [0.29, 0.717) is 0 Å². The minimum atomic E-state index is -2.98. The molecule has 5 nitrogen and oxygen atoms in total. The average molecular weight is 393 g/mol. The van der Waals surface area contributed by atoms with Gasteiger partial charge in [0.15, 0.2) is 9.84 Å². The topological polar surface area (TPSA) is 49.9 Å².